The minimum absolute atomic E-state index is 0.0213. The van der Waals surface area contributed by atoms with Crippen molar-refractivity contribution in [3.8, 4) is 0 Å². The van der Waals surface area contributed by atoms with Crippen molar-refractivity contribution in [2.75, 3.05) is 39.8 Å². The van der Waals surface area contributed by atoms with E-state index in [0.717, 1.165) is 18.0 Å². The summed E-state index contributed by atoms with van der Waals surface area (Å²) in [6.45, 7) is 2.85. The standard InChI is InChI=1S/C17H21N3O4/c1-19-8-9-24-12(11-19)10-18-15(21)6-7-20-16(22)13-4-2-3-5-14(13)17(20)23/h2-5,12H,6-11H2,1H3,(H,18,21). The van der Waals surface area contributed by atoms with Gasteiger partial charge in [-0.05, 0) is 19.2 Å². The van der Waals surface area contributed by atoms with E-state index in [2.05, 4.69) is 10.2 Å². The zero-order valence-electron chi connectivity index (χ0n) is 13.7. The maximum absolute atomic E-state index is 12.2. The van der Waals surface area contributed by atoms with E-state index < -0.39 is 0 Å². The van der Waals surface area contributed by atoms with E-state index in [-0.39, 0.29) is 36.8 Å². The van der Waals surface area contributed by atoms with Crippen LogP contribution in [0.2, 0.25) is 0 Å². The molecule has 3 rings (SSSR count). The monoisotopic (exact) mass is 331 g/mol. The van der Waals surface area contributed by atoms with Crippen molar-refractivity contribution < 1.29 is 19.1 Å². The molecule has 1 fully saturated rings. The Balaban J connectivity index is 1.47. The molecule has 3 amide bonds. The van der Waals surface area contributed by atoms with Crippen LogP contribution in [0.4, 0.5) is 0 Å². The van der Waals surface area contributed by atoms with Crippen LogP contribution in [0.3, 0.4) is 0 Å². The second-order valence-electron chi connectivity index (χ2n) is 6.12. The molecule has 7 nitrogen and oxygen atoms in total. The molecule has 0 spiro atoms. The first kappa shape index (κ1) is 16.6. The number of carbonyl (C=O) groups is 3. The lowest BCUT2D eigenvalue weighted by molar-refractivity contribution is -0.122. The Labute approximate surface area is 140 Å². The van der Waals surface area contributed by atoms with E-state index in [1.807, 2.05) is 7.05 Å². The lowest BCUT2D eigenvalue weighted by Gasteiger charge is -2.30. The van der Waals surface area contributed by atoms with Crippen LogP contribution in [0.15, 0.2) is 24.3 Å². The molecule has 7 heteroatoms. The van der Waals surface area contributed by atoms with Crippen molar-refractivity contribution in [1.82, 2.24) is 15.1 Å². The molecule has 2 aliphatic heterocycles. The van der Waals surface area contributed by atoms with Gasteiger partial charge in [0.15, 0.2) is 0 Å². The van der Waals surface area contributed by atoms with Gasteiger partial charge in [-0.3, -0.25) is 19.3 Å². The van der Waals surface area contributed by atoms with Gasteiger partial charge in [0.2, 0.25) is 5.91 Å². The van der Waals surface area contributed by atoms with Crippen LogP contribution in [0, 0.1) is 0 Å². The Morgan fingerprint density at radius 3 is 2.54 bits per heavy atom. The van der Waals surface area contributed by atoms with Crippen LogP contribution in [0.1, 0.15) is 27.1 Å². The van der Waals surface area contributed by atoms with Crippen molar-refractivity contribution >= 4 is 17.7 Å². The topological polar surface area (TPSA) is 79.0 Å². The number of nitrogens with one attached hydrogen (secondary N) is 1. The van der Waals surface area contributed by atoms with Gasteiger partial charge in [-0.1, -0.05) is 12.1 Å². The minimum atomic E-state index is -0.333. The molecule has 2 aliphatic rings. The first-order valence-corrected chi connectivity index (χ1v) is 8.08. The fourth-order valence-corrected chi connectivity index (χ4v) is 2.96. The number of likely N-dealkylation sites (N-methyl/N-ethyl adjacent to an activating group) is 1. The molecule has 1 unspecified atom stereocenters. The molecule has 2 heterocycles. The molecule has 0 aromatic heterocycles. The maximum atomic E-state index is 12.2. The van der Waals surface area contributed by atoms with Gasteiger partial charge >= 0.3 is 0 Å². The quantitative estimate of drug-likeness (QED) is 0.776. The number of nitrogens with zero attached hydrogens (tertiary/aromatic N) is 2. The number of benzene rings is 1. The Morgan fingerprint density at radius 2 is 1.92 bits per heavy atom. The highest BCUT2D eigenvalue weighted by atomic mass is 16.5. The summed E-state index contributed by atoms with van der Waals surface area (Å²) >= 11 is 0. The fourth-order valence-electron chi connectivity index (χ4n) is 2.96. The van der Waals surface area contributed by atoms with Crippen molar-refractivity contribution in [2.45, 2.75) is 12.5 Å². The molecule has 128 valence electrons. The van der Waals surface area contributed by atoms with Crippen LogP contribution < -0.4 is 5.32 Å². The Bertz CT molecular complexity index is 626. The van der Waals surface area contributed by atoms with E-state index in [1.165, 1.54) is 0 Å². The Kier molecular flexibility index (Phi) is 4.92. The van der Waals surface area contributed by atoms with Gasteiger partial charge in [-0.15, -0.1) is 0 Å². The molecule has 1 aromatic carbocycles. The molecule has 0 bridgehead atoms. The number of fused-ring (bicyclic) bond motifs is 1. The number of imide groups is 1. The normalized spacial score (nSPS) is 21.0. The van der Waals surface area contributed by atoms with Crippen molar-refractivity contribution in [1.29, 1.82) is 0 Å². The third-order valence-corrected chi connectivity index (χ3v) is 4.31. The summed E-state index contributed by atoms with van der Waals surface area (Å²) in [7, 11) is 2.01. The largest absolute Gasteiger partial charge is 0.374 e. The second-order valence-corrected chi connectivity index (χ2v) is 6.12. The molecule has 0 radical (unpaired) electrons. The van der Waals surface area contributed by atoms with Gasteiger partial charge < -0.3 is 15.0 Å². The van der Waals surface area contributed by atoms with Gasteiger partial charge in [0.25, 0.3) is 11.8 Å². The number of morpholine rings is 1. The highest BCUT2D eigenvalue weighted by Gasteiger charge is 2.34. The summed E-state index contributed by atoms with van der Waals surface area (Å²) in [5.41, 5.74) is 0.808. The molecule has 0 saturated carbocycles. The van der Waals surface area contributed by atoms with E-state index >= 15 is 0 Å². The Morgan fingerprint density at radius 1 is 1.25 bits per heavy atom. The number of carbonyl (C=O) groups excluding carboxylic acids is 3. The zero-order chi connectivity index (χ0) is 17.1. The zero-order valence-corrected chi connectivity index (χ0v) is 13.7. The van der Waals surface area contributed by atoms with Crippen LogP contribution in [-0.4, -0.2) is 73.5 Å². The average Bonchev–Trinajstić information content (AvgIpc) is 2.83. The highest BCUT2D eigenvalue weighted by Crippen LogP contribution is 2.22. The Hall–Kier alpha value is -2.25. The van der Waals surface area contributed by atoms with Crippen molar-refractivity contribution in [3.05, 3.63) is 35.4 Å². The summed E-state index contributed by atoms with van der Waals surface area (Å²) in [5.74, 6) is -0.857. The van der Waals surface area contributed by atoms with Crippen LogP contribution in [0.5, 0.6) is 0 Å². The molecular formula is C17H21N3O4. The van der Waals surface area contributed by atoms with E-state index in [4.69, 9.17) is 4.74 Å². The molecule has 1 saturated heterocycles. The predicted molar refractivity (Wildman–Crippen MR) is 86.7 cm³/mol. The maximum Gasteiger partial charge on any atom is 0.261 e. The van der Waals surface area contributed by atoms with Gasteiger partial charge in [0, 0.05) is 32.6 Å². The molecule has 1 N–H and O–H groups in total. The summed E-state index contributed by atoms with van der Waals surface area (Å²) in [5, 5.41) is 2.81. The molecule has 0 aliphatic carbocycles. The van der Waals surface area contributed by atoms with Crippen LogP contribution in [-0.2, 0) is 9.53 Å². The van der Waals surface area contributed by atoms with Gasteiger partial charge in [0.1, 0.15) is 0 Å². The predicted octanol–water partition coefficient (Wildman–Crippen LogP) is 0.120. The third kappa shape index (κ3) is 3.47. The highest BCUT2D eigenvalue weighted by molar-refractivity contribution is 6.21. The minimum Gasteiger partial charge on any atom is -0.374 e. The summed E-state index contributed by atoms with van der Waals surface area (Å²) in [6.07, 6.45) is 0.0700. The molecule has 1 aromatic rings. The van der Waals surface area contributed by atoms with Crippen LogP contribution in [0.25, 0.3) is 0 Å². The lowest BCUT2D eigenvalue weighted by atomic mass is 10.1. The lowest BCUT2D eigenvalue weighted by Crippen LogP contribution is -2.46. The van der Waals surface area contributed by atoms with E-state index in [9.17, 15) is 14.4 Å². The van der Waals surface area contributed by atoms with Gasteiger partial charge in [-0.2, -0.15) is 0 Å². The molecular weight excluding hydrogens is 310 g/mol. The summed E-state index contributed by atoms with van der Waals surface area (Å²) < 4.78 is 5.58. The third-order valence-electron chi connectivity index (χ3n) is 4.31. The molecule has 24 heavy (non-hydrogen) atoms. The number of hydrogen-bond acceptors (Lipinski definition) is 5. The van der Waals surface area contributed by atoms with Gasteiger partial charge in [-0.25, -0.2) is 0 Å². The summed E-state index contributed by atoms with van der Waals surface area (Å²) in [4.78, 5) is 39.7. The number of hydrogen-bond donors (Lipinski definition) is 1. The van der Waals surface area contributed by atoms with Crippen molar-refractivity contribution in [3.63, 3.8) is 0 Å². The average molecular weight is 331 g/mol. The summed E-state index contributed by atoms with van der Waals surface area (Å²) in [6, 6.07) is 6.71. The van der Waals surface area contributed by atoms with Crippen molar-refractivity contribution in [2.24, 2.45) is 0 Å². The van der Waals surface area contributed by atoms with Crippen LogP contribution >= 0.6 is 0 Å². The smallest absolute Gasteiger partial charge is 0.261 e. The van der Waals surface area contributed by atoms with Gasteiger partial charge in [0.05, 0.1) is 23.8 Å². The number of ether oxygens (including phenoxy) is 1. The van der Waals surface area contributed by atoms with E-state index in [1.54, 1.807) is 24.3 Å². The molecule has 1 atom stereocenters. The SMILES string of the molecule is CN1CCOC(CNC(=O)CCN2C(=O)c3ccccc3C2=O)C1. The first-order chi connectivity index (χ1) is 11.6. The second kappa shape index (κ2) is 7.11. The number of rotatable bonds is 5. The fraction of sp³-hybridized carbons (Fsp3) is 0.471. The first-order valence-electron chi connectivity index (χ1n) is 8.08. The number of amides is 3. The van der Waals surface area contributed by atoms with E-state index in [0.29, 0.717) is 24.3 Å².